The van der Waals surface area contributed by atoms with E-state index >= 15 is 0 Å². The van der Waals surface area contributed by atoms with Crippen LogP contribution in [0.1, 0.15) is 51.0 Å². The van der Waals surface area contributed by atoms with Crippen molar-refractivity contribution in [2.45, 2.75) is 51.9 Å². The number of carbonyl (C=O) groups is 2. The van der Waals surface area contributed by atoms with Crippen LogP contribution in [0.15, 0.2) is 24.3 Å². The Morgan fingerprint density at radius 3 is 2.57 bits per heavy atom. The van der Waals surface area contributed by atoms with Gasteiger partial charge in [-0.1, -0.05) is 38.3 Å². The highest BCUT2D eigenvalue weighted by Crippen LogP contribution is 2.39. The molecule has 114 valence electrons. The average molecular weight is 288 g/mol. The summed E-state index contributed by atoms with van der Waals surface area (Å²) < 4.78 is 0. The van der Waals surface area contributed by atoms with Crippen molar-refractivity contribution in [2.75, 3.05) is 5.32 Å². The van der Waals surface area contributed by atoms with Crippen molar-refractivity contribution in [3.05, 3.63) is 29.8 Å². The maximum absolute atomic E-state index is 11.9. The Kier molecular flexibility index (Phi) is 4.99. The quantitative estimate of drug-likeness (QED) is 0.874. The van der Waals surface area contributed by atoms with Crippen LogP contribution in [0.5, 0.6) is 0 Å². The predicted molar refractivity (Wildman–Crippen MR) is 83.8 cm³/mol. The largest absolute Gasteiger partial charge is 0.369 e. The van der Waals surface area contributed by atoms with Gasteiger partial charge in [-0.2, -0.15) is 0 Å². The lowest BCUT2D eigenvalue weighted by Gasteiger charge is -2.34. The molecule has 0 saturated heterocycles. The number of primary amides is 1. The summed E-state index contributed by atoms with van der Waals surface area (Å²) in [7, 11) is 0. The van der Waals surface area contributed by atoms with Crippen LogP contribution in [0, 0.1) is 5.41 Å². The first kappa shape index (κ1) is 15.5. The number of nitrogens with two attached hydrogens (primary N) is 1. The molecule has 1 aromatic carbocycles. The van der Waals surface area contributed by atoms with E-state index in [4.69, 9.17) is 5.73 Å². The van der Waals surface area contributed by atoms with Crippen LogP contribution >= 0.6 is 0 Å². The Morgan fingerprint density at radius 1 is 1.24 bits per heavy atom. The lowest BCUT2D eigenvalue weighted by atomic mass is 9.70. The minimum atomic E-state index is -0.411. The highest BCUT2D eigenvalue weighted by atomic mass is 16.2. The number of hydrogen-bond acceptors (Lipinski definition) is 2. The van der Waals surface area contributed by atoms with E-state index in [-0.39, 0.29) is 11.8 Å². The van der Waals surface area contributed by atoms with E-state index in [2.05, 4.69) is 5.32 Å². The second-order valence-corrected chi connectivity index (χ2v) is 5.98. The van der Waals surface area contributed by atoms with E-state index in [1.807, 2.05) is 31.2 Å². The van der Waals surface area contributed by atoms with Gasteiger partial charge in [-0.15, -0.1) is 0 Å². The molecule has 0 aromatic heterocycles. The van der Waals surface area contributed by atoms with Crippen LogP contribution in [-0.4, -0.2) is 11.8 Å². The number of amides is 2. The van der Waals surface area contributed by atoms with Crippen molar-refractivity contribution < 1.29 is 9.59 Å². The molecule has 21 heavy (non-hydrogen) atoms. The second kappa shape index (κ2) is 6.74. The molecular formula is C17H24N2O2. The normalized spacial score (nSPS) is 17.2. The molecule has 1 aromatic rings. The summed E-state index contributed by atoms with van der Waals surface area (Å²) in [4.78, 5) is 23.4. The number of nitrogens with one attached hydrogen (secondary N) is 1. The predicted octanol–water partition coefficient (Wildman–Crippen LogP) is 3.01. The number of benzene rings is 1. The number of rotatable bonds is 5. The van der Waals surface area contributed by atoms with Gasteiger partial charge in [0.1, 0.15) is 0 Å². The van der Waals surface area contributed by atoms with Crippen molar-refractivity contribution in [1.82, 2.24) is 0 Å². The smallest absolute Gasteiger partial charge is 0.224 e. The zero-order valence-electron chi connectivity index (χ0n) is 12.7. The topological polar surface area (TPSA) is 72.2 Å². The summed E-state index contributed by atoms with van der Waals surface area (Å²) in [5.41, 5.74) is 7.12. The minimum absolute atomic E-state index is 0.00516. The van der Waals surface area contributed by atoms with Crippen molar-refractivity contribution >= 4 is 17.5 Å². The third kappa shape index (κ3) is 3.84. The summed E-state index contributed by atoms with van der Waals surface area (Å²) in [6, 6.07) is 7.74. The molecule has 0 spiro atoms. The molecule has 2 amide bonds. The summed E-state index contributed by atoms with van der Waals surface area (Å²) >= 11 is 0. The fourth-order valence-electron chi connectivity index (χ4n) is 3.14. The van der Waals surface area contributed by atoms with Gasteiger partial charge >= 0.3 is 0 Å². The summed E-state index contributed by atoms with van der Waals surface area (Å²) in [5, 5.41) is 2.86. The Balaban J connectivity index is 2.15. The molecule has 0 bridgehead atoms. The lowest BCUT2D eigenvalue weighted by Crippen LogP contribution is -2.40. The van der Waals surface area contributed by atoms with Gasteiger partial charge in [0.2, 0.25) is 11.8 Å². The van der Waals surface area contributed by atoms with Gasteiger partial charge in [-0.3, -0.25) is 9.59 Å². The molecule has 0 radical (unpaired) electrons. The van der Waals surface area contributed by atoms with Gasteiger partial charge in [0.25, 0.3) is 0 Å². The minimum Gasteiger partial charge on any atom is -0.369 e. The molecule has 1 saturated carbocycles. The lowest BCUT2D eigenvalue weighted by molar-refractivity contribution is -0.129. The molecule has 1 fully saturated rings. The van der Waals surface area contributed by atoms with Crippen LogP contribution < -0.4 is 11.1 Å². The van der Waals surface area contributed by atoms with E-state index in [1.165, 1.54) is 6.42 Å². The Morgan fingerprint density at radius 2 is 1.95 bits per heavy atom. The Bertz CT molecular complexity index is 519. The first-order chi connectivity index (χ1) is 10.1. The first-order valence-corrected chi connectivity index (χ1v) is 7.74. The van der Waals surface area contributed by atoms with Crippen molar-refractivity contribution in [3.63, 3.8) is 0 Å². The van der Waals surface area contributed by atoms with Crippen LogP contribution in [0.25, 0.3) is 0 Å². The van der Waals surface area contributed by atoms with Crippen molar-refractivity contribution in [2.24, 2.45) is 11.1 Å². The molecule has 4 heteroatoms. The van der Waals surface area contributed by atoms with E-state index in [0.29, 0.717) is 12.8 Å². The maximum atomic E-state index is 11.9. The van der Waals surface area contributed by atoms with E-state index in [9.17, 15) is 9.59 Å². The molecule has 0 aliphatic heterocycles. The number of carbonyl (C=O) groups excluding carboxylic acids is 2. The first-order valence-electron chi connectivity index (χ1n) is 7.74. The Hall–Kier alpha value is -1.84. The van der Waals surface area contributed by atoms with Crippen molar-refractivity contribution in [3.8, 4) is 0 Å². The van der Waals surface area contributed by atoms with Gasteiger partial charge < -0.3 is 11.1 Å². The Labute approximate surface area is 126 Å². The fourth-order valence-corrected chi connectivity index (χ4v) is 3.14. The van der Waals surface area contributed by atoms with Crippen LogP contribution in [0.4, 0.5) is 5.69 Å². The second-order valence-electron chi connectivity index (χ2n) is 5.98. The van der Waals surface area contributed by atoms with Crippen LogP contribution in [0.2, 0.25) is 0 Å². The highest BCUT2D eigenvalue weighted by Gasteiger charge is 2.37. The molecule has 0 unspecified atom stereocenters. The SMILES string of the molecule is CCC(=O)Nc1cccc(CC2(C(N)=O)CCCCC2)c1. The van der Waals surface area contributed by atoms with Gasteiger partial charge in [0, 0.05) is 12.1 Å². The zero-order valence-corrected chi connectivity index (χ0v) is 12.7. The fraction of sp³-hybridized carbons (Fsp3) is 0.529. The third-order valence-corrected chi connectivity index (χ3v) is 4.41. The molecule has 2 rings (SSSR count). The molecular weight excluding hydrogens is 264 g/mol. The van der Waals surface area contributed by atoms with E-state index in [1.54, 1.807) is 0 Å². The molecule has 4 nitrogen and oxygen atoms in total. The number of hydrogen-bond donors (Lipinski definition) is 2. The zero-order chi connectivity index (χ0) is 15.3. The monoisotopic (exact) mass is 288 g/mol. The molecule has 1 aliphatic rings. The molecule has 3 N–H and O–H groups in total. The van der Waals surface area contributed by atoms with E-state index in [0.717, 1.165) is 36.9 Å². The van der Waals surface area contributed by atoms with Crippen molar-refractivity contribution in [1.29, 1.82) is 0 Å². The van der Waals surface area contributed by atoms with Gasteiger partial charge in [0.15, 0.2) is 0 Å². The summed E-state index contributed by atoms with van der Waals surface area (Å²) in [6.07, 6.45) is 6.17. The van der Waals surface area contributed by atoms with Gasteiger partial charge in [-0.05, 0) is 37.0 Å². The highest BCUT2D eigenvalue weighted by molar-refractivity contribution is 5.90. The van der Waals surface area contributed by atoms with E-state index < -0.39 is 5.41 Å². The maximum Gasteiger partial charge on any atom is 0.224 e. The van der Waals surface area contributed by atoms with Crippen LogP contribution in [0.3, 0.4) is 0 Å². The standard InChI is InChI=1S/C17H24N2O2/c1-2-15(20)19-14-8-6-7-13(11-14)12-17(16(18)21)9-4-3-5-10-17/h6-8,11H,2-5,9-10,12H2,1H3,(H2,18,21)(H,19,20). The molecule has 0 atom stereocenters. The van der Waals surface area contributed by atoms with Crippen LogP contribution in [-0.2, 0) is 16.0 Å². The summed E-state index contributed by atoms with van der Waals surface area (Å²) in [5.74, 6) is -0.195. The third-order valence-electron chi connectivity index (χ3n) is 4.41. The summed E-state index contributed by atoms with van der Waals surface area (Å²) in [6.45, 7) is 1.82. The van der Waals surface area contributed by atoms with Gasteiger partial charge in [-0.25, -0.2) is 0 Å². The number of anilines is 1. The molecule has 1 aliphatic carbocycles. The average Bonchev–Trinajstić information content (AvgIpc) is 2.48. The van der Waals surface area contributed by atoms with Gasteiger partial charge in [0.05, 0.1) is 5.41 Å². The molecule has 0 heterocycles.